The lowest BCUT2D eigenvalue weighted by Gasteiger charge is -2.76. The first-order chi connectivity index (χ1) is 19.1. The molecule has 7 atom stereocenters. The number of rotatable bonds is 9. The van der Waals surface area contributed by atoms with Gasteiger partial charge in [0.1, 0.15) is 17.5 Å². The third-order valence-corrected chi connectivity index (χ3v) is 12.4. The van der Waals surface area contributed by atoms with Gasteiger partial charge in [-0.1, -0.05) is 55.8 Å². The number of nitrogens with zero attached hydrogens (tertiary/aromatic N) is 1. The topological polar surface area (TPSA) is 30.9 Å². The second kappa shape index (κ2) is 8.81. The van der Waals surface area contributed by atoms with Gasteiger partial charge in [-0.3, -0.25) is 4.90 Å². The van der Waals surface area contributed by atoms with E-state index in [2.05, 4.69) is 61.2 Å². The molecule has 0 aromatic heterocycles. The average molecular weight is 528 g/mol. The summed E-state index contributed by atoms with van der Waals surface area (Å²) in [5, 5.41) is 0. The zero-order chi connectivity index (χ0) is 26.4. The van der Waals surface area contributed by atoms with Crippen molar-refractivity contribution in [1.82, 2.24) is 4.90 Å². The molecule has 2 heterocycles. The van der Waals surface area contributed by atoms with Crippen molar-refractivity contribution in [3.05, 3.63) is 64.7 Å². The molecule has 1 saturated heterocycles. The summed E-state index contributed by atoms with van der Waals surface area (Å²) in [5.41, 5.74) is 5.72. The molecule has 5 aliphatic carbocycles. The second-order valence-electron chi connectivity index (χ2n) is 13.8. The largest absolute Gasteiger partial charge is 0.486 e. The smallest absolute Gasteiger partial charge is 0.138 e. The van der Waals surface area contributed by atoms with E-state index in [1.807, 2.05) is 7.11 Å². The van der Waals surface area contributed by atoms with E-state index in [1.54, 1.807) is 11.1 Å². The van der Waals surface area contributed by atoms with Crippen LogP contribution in [0, 0.1) is 30.1 Å². The predicted octanol–water partition coefficient (Wildman–Crippen LogP) is 6.46. The highest BCUT2D eigenvalue weighted by Gasteiger charge is 2.83. The standard InChI is InChI=1S/C35H45NO3/c1-4-8-27-28(22-38-21-25-9-6-5-7-10-25)35(37-3)16-15-33(27)29-19-26-14-11-23(2)31-30(26)34(33,32(35)39-31)17-18-36(29)20-24-12-13-24/h5-7,9-11,14,24,27-29,32H,4,8,12-13,15-22H2,1-3H3/t27-,28-,29+,32+,33?,34-,35?/m0/s1. The lowest BCUT2D eigenvalue weighted by atomic mass is 9.31. The maximum atomic E-state index is 7.28. The van der Waals surface area contributed by atoms with Gasteiger partial charge in [0.2, 0.25) is 0 Å². The summed E-state index contributed by atoms with van der Waals surface area (Å²) >= 11 is 0. The monoisotopic (exact) mass is 527 g/mol. The molecular formula is C35H45NO3. The second-order valence-corrected chi connectivity index (χ2v) is 13.8. The minimum Gasteiger partial charge on any atom is -0.486 e. The fraction of sp³-hybridized carbons (Fsp3) is 0.657. The van der Waals surface area contributed by atoms with Crippen molar-refractivity contribution in [2.45, 2.75) is 95.0 Å². The predicted molar refractivity (Wildman–Crippen MR) is 153 cm³/mol. The third kappa shape index (κ3) is 3.12. The van der Waals surface area contributed by atoms with E-state index in [9.17, 15) is 0 Å². The van der Waals surface area contributed by atoms with Crippen LogP contribution in [0.15, 0.2) is 42.5 Å². The quantitative estimate of drug-likeness (QED) is 0.374. The van der Waals surface area contributed by atoms with E-state index in [-0.39, 0.29) is 22.5 Å². The maximum absolute atomic E-state index is 7.28. The molecule has 2 aromatic rings. The van der Waals surface area contributed by atoms with Crippen molar-refractivity contribution in [2.75, 3.05) is 26.8 Å². The van der Waals surface area contributed by atoms with Crippen molar-refractivity contribution in [2.24, 2.45) is 23.2 Å². The molecule has 2 spiro atoms. The van der Waals surface area contributed by atoms with E-state index >= 15 is 0 Å². The molecule has 2 aliphatic heterocycles. The first-order valence-electron chi connectivity index (χ1n) is 15.8. The van der Waals surface area contributed by atoms with Crippen molar-refractivity contribution >= 4 is 0 Å². The first kappa shape index (κ1) is 24.9. The van der Waals surface area contributed by atoms with Crippen LogP contribution in [0.3, 0.4) is 0 Å². The SMILES string of the molecule is CCC[C@H]1[C@H](COCc2ccccc2)C2(OC)CCC13[C@H]1Cc4ccc(C)c5c4[C@@]3(CCN1CC1CC1)[C@H]2O5. The summed E-state index contributed by atoms with van der Waals surface area (Å²) in [4.78, 5) is 2.97. The van der Waals surface area contributed by atoms with Gasteiger partial charge in [0.25, 0.3) is 0 Å². The van der Waals surface area contributed by atoms with Crippen molar-refractivity contribution in [3.8, 4) is 5.75 Å². The van der Waals surface area contributed by atoms with Crippen LogP contribution in [0.4, 0.5) is 0 Å². The number of ether oxygens (including phenoxy) is 3. The highest BCUT2D eigenvalue weighted by Crippen LogP contribution is 2.78. The molecule has 39 heavy (non-hydrogen) atoms. The van der Waals surface area contributed by atoms with Gasteiger partial charge < -0.3 is 14.2 Å². The first-order valence-corrected chi connectivity index (χ1v) is 15.8. The molecule has 0 amide bonds. The molecule has 2 unspecified atom stereocenters. The van der Waals surface area contributed by atoms with Crippen LogP contribution in [0.1, 0.15) is 74.1 Å². The van der Waals surface area contributed by atoms with Crippen molar-refractivity contribution in [3.63, 3.8) is 0 Å². The Morgan fingerprint density at radius 1 is 1.03 bits per heavy atom. The average Bonchev–Trinajstić information content (AvgIpc) is 3.70. The van der Waals surface area contributed by atoms with Gasteiger partial charge in [0.05, 0.1) is 13.2 Å². The van der Waals surface area contributed by atoms with Crippen LogP contribution < -0.4 is 4.74 Å². The molecular weight excluding hydrogens is 482 g/mol. The van der Waals surface area contributed by atoms with E-state index in [1.165, 1.54) is 74.9 Å². The molecule has 4 heteroatoms. The minimum atomic E-state index is -0.304. The number of likely N-dealkylation sites (tertiary alicyclic amines) is 1. The fourth-order valence-electron chi connectivity index (χ4n) is 10.9. The summed E-state index contributed by atoms with van der Waals surface area (Å²) in [6.07, 6.45) is 10.2. The molecule has 4 nitrogen and oxygen atoms in total. The van der Waals surface area contributed by atoms with Crippen LogP contribution in [0.2, 0.25) is 0 Å². The lowest BCUT2D eigenvalue weighted by Crippen LogP contribution is -2.84. The number of piperidine rings is 1. The van der Waals surface area contributed by atoms with Gasteiger partial charge >= 0.3 is 0 Å². The molecule has 208 valence electrons. The highest BCUT2D eigenvalue weighted by atomic mass is 16.6. The Kier molecular flexibility index (Phi) is 5.62. The molecule has 4 saturated carbocycles. The van der Waals surface area contributed by atoms with Gasteiger partial charge in [-0.2, -0.15) is 0 Å². The van der Waals surface area contributed by atoms with Gasteiger partial charge in [-0.25, -0.2) is 0 Å². The molecule has 5 fully saturated rings. The number of methoxy groups -OCH3 is 1. The molecule has 9 rings (SSSR count). The van der Waals surface area contributed by atoms with Gasteiger partial charge in [-0.05, 0) is 86.9 Å². The lowest BCUT2D eigenvalue weighted by molar-refractivity contribution is -0.312. The Balaban J connectivity index is 1.27. The number of fused-ring (bicyclic) bond motifs is 2. The Labute approximate surface area is 234 Å². The van der Waals surface area contributed by atoms with E-state index < -0.39 is 0 Å². The molecule has 0 radical (unpaired) electrons. The summed E-state index contributed by atoms with van der Waals surface area (Å²) in [5.74, 6) is 3.05. The van der Waals surface area contributed by atoms with Crippen LogP contribution in [0.5, 0.6) is 5.75 Å². The molecule has 2 aromatic carbocycles. The van der Waals surface area contributed by atoms with E-state index in [4.69, 9.17) is 14.2 Å². The summed E-state index contributed by atoms with van der Waals surface area (Å²) < 4.78 is 20.7. The number of aryl methyl sites for hydroxylation is 1. The Bertz CT molecular complexity index is 1260. The third-order valence-electron chi connectivity index (χ3n) is 12.4. The summed E-state index contributed by atoms with van der Waals surface area (Å²) in [6.45, 7) is 8.58. The Morgan fingerprint density at radius 3 is 2.64 bits per heavy atom. The van der Waals surface area contributed by atoms with Crippen LogP contribution in [0.25, 0.3) is 0 Å². The molecule has 7 aliphatic rings. The van der Waals surface area contributed by atoms with Crippen molar-refractivity contribution < 1.29 is 14.2 Å². The number of hydrogen-bond donors (Lipinski definition) is 0. The van der Waals surface area contributed by atoms with E-state index in [0.717, 1.165) is 18.9 Å². The van der Waals surface area contributed by atoms with Gasteiger partial charge in [0, 0.05) is 42.0 Å². The maximum Gasteiger partial charge on any atom is 0.138 e. The van der Waals surface area contributed by atoms with E-state index in [0.29, 0.717) is 24.5 Å². The van der Waals surface area contributed by atoms with Gasteiger partial charge in [0.15, 0.2) is 0 Å². The molecule has 0 N–H and O–H groups in total. The number of hydrogen-bond acceptors (Lipinski definition) is 4. The minimum absolute atomic E-state index is 0.0662. The van der Waals surface area contributed by atoms with Gasteiger partial charge in [-0.15, -0.1) is 0 Å². The summed E-state index contributed by atoms with van der Waals surface area (Å²) in [6, 6.07) is 16.1. The zero-order valence-corrected chi connectivity index (χ0v) is 24.1. The Hall–Kier alpha value is -1.88. The van der Waals surface area contributed by atoms with Crippen LogP contribution in [-0.2, 0) is 27.9 Å². The highest BCUT2D eigenvalue weighted by molar-refractivity contribution is 5.61. The number of benzene rings is 2. The fourth-order valence-corrected chi connectivity index (χ4v) is 10.9. The Morgan fingerprint density at radius 2 is 1.87 bits per heavy atom. The zero-order valence-electron chi connectivity index (χ0n) is 24.1. The molecule has 4 bridgehead atoms. The van der Waals surface area contributed by atoms with Crippen molar-refractivity contribution in [1.29, 1.82) is 0 Å². The van der Waals surface area contributed by atoms with Crippen LogP contribution >= 0.6 is 0 Å². The normalized spacial score (nSPS) is 39.5. The van der Waals surface area contributed by atoms with Crippen LogP contribution in [-0.4, -0.2) is 49.5 Å². The summed E-state index contributed by atoms with van der Waals surface area (Å²) in [7, 11) is 1.98.